The van der Waals surface area contributed by atoms with Crippen LogP contribution in [0.3, 0.4) is 0 Å². The normalized spacial score (nSPS) is 16.8. The monoisotopic (exact) mass is 1460 g/mol. The van der Waals surface area contributed by atoms with E-state index in [0.29, 0.717) is 106 Å². The molecule has 2 unspecified atom stereocenters. The molecule has 9 N–H and O–H groups in total. The molecule has 0 amide bonds. The van der Waals surface area contributed by atoms with Gasteiger partial charge in [-0.3, -0.25) is 4.57 Å². The number of imidazole rings is 4. The lowest BCUT2D eigenvalue weighted by Gasteiger charge is -2.27. The number of aromatic nitrogens is 24. The maximum atomic E-state index is 5.66. The fourth-order valence-corrected chi connectivity index (χ4v) is 13.0. The van der Waals surface area contributed by atoms with Crippen molar-refractivity contribution in [3.8, 4) is 50.7 Å². The summed E-state index contributed by atoms with van der Waals surface area (Å²) in [7, 11) is 0. The SMILES string of the molecule is CCC(C)n1cnc2c(-c3cnc(N)nc3)nc(N3CCOCC3)nc21.CC[C@@H](C)n1cnc2c(-c3cnc(N)nc3)nc(N3CCOCC3)nc21.Cc1cccc(-n2cnc3c(-c4cnc(N)nc4)nc(N4CCOCC4)nc32)c1.Nc1ncc(-c2nc(N3CCOCC3)nc3c2ncn3C2CCNC2)cn1. The molecular weight excluding hydrogens is 1380 g/mol. The first-order chi connectivity index (χ1) is 52.8. The Morgan fingerprint density at radius 1 is 0.417 bits per heavy atom. The summed E-state index contributed by atoms with van der Waals surface area (Å²) in [5.74, 6) is 3.61. The van der Waals surface area contributed by atoms with Crippen LogP contribution in [0.5, 0.6) is 0 Å². The van der Waals surface area contributed by atoms with Gasteiger partial charge in [-0.2, -0.15) is 19.9 Å². The van der Waals surface area contributed by atoms with Crippen LogP contribution in [0.4, 0.5) is 47.6 Å². The van der Waals surface area contributed by atoms with E-state index in [9.17, 15) is 0 Å². The molecule has 12 aromatic heterocycles. The Morgan fingerprint density at radius 3 is 1.10 bits per heavy atom. The molecule has 5 aliphatic rings. The molecule has 0 bridgehead atoms. The van der Waals surface area contributed by atoms with Gasteiger partial charge in [0.1, 0.15) is 51.2 Å². The molecule has 0 spiro atoms. The molecule has 0 aliphatic carbocycles. The van der Waals surface area contributed by atoms with Crippen LogP contribution in [0.15, 0.2) is 99.1 Å². The highest BCUT2D eigenvalue weighted by atomic mass is 16.5. The van der Waals surface area contributed by atoms with Gasteiger partial charge in [0.25, 0.3) is 0 Å². The first kappa shape index (κ1) is 71.5. The van der Waals surface area contributed by atoms with Crippen molar-refractivity contribution in [2.24, 2.45) is 0 Å². The van der Waals surface area contributed by atoms with Gasteiger partial charge in [0.05, 0.1) is 77.9 Å². The second-order valence-electron chi connectivity index (χ2n) is 26.5. The van der Waals surface area contributed by atoms with Crippen molar-refractivity contribution in [3.05, 3.63) is 105 Å². The number of nitrogen functional groups attached to an aromatic ring is 4. The standard InChI is InChI=1S/C20H20N8O.C17H21N9O.2C17H22N8O/c1-13-3-2-4-15(9-13)28-12-24-17-16(14-10-22-19(21)23-11-14)25-20(26-18(17)28)27-5-7-29-8-6-27;18-16-20-7-11(8-21-16)13-14-15(26(10-22-14)12-1-2-19-9-12)24-17(23-13)25-3-5-27-6-4-25;2*1-3-11(2)25-10-21-14-13(12-8-19-16(18)20-9-12)22-17(23-15(14)25)24-4-6-26-7-5-24/h2-4,9-12H,5-8H2,1H3,(H2,21,22,23);7-8,10,12,19H,1-6,9H2,(H2,18,20,21);2*8-11H,3-7H2,1-2H3,(H2,18,19,20)/t;;11-;/m..1./s1. The maximum absolute atomic E-state index is 5.66. The van der Waals surface area contributed by atoms with E-state index in [-0.39, 0.29) is 23.8 Å². The fraction of sp³-hybridized carbons (Fsp3) is 0.408. The van der Waals surface area contributed by atoms with E-state index in [2.05, 4.69) is 145 Å². The van der Waals surface area contributed by atoms with Crippen LogP contribution in [0.25, 0.3) is 95.4 Å². The third-order valence-corrected chi connectivity index (χ3v) is 19.4. The molecule has 5 aliphatic heterocycles. The van der Waals surface area contributed by atoms with Crippen LogP contribution >= 0.6 is 0 Å². The molecule has 0 radical (unpaired) electrons. The first-order valence-corrected chi connectivity index (χ1v) is 36.2. The van der Waals surface area contributed by atoms with E-state index < -0.39 is 0 Å². The lowest BCUT2D eigenvalue weighted by atomic mass is 10.2. The van der Waals surface area contributed by atoms with Gasteiger partial charge in [-0.25, -0.2) is 79.7 Å². The van der Waals surface area contributed by atoms with Gasteiger partial charge in [0.15, 0.2) is 22.6 Å². The number of hydrogen-bond acceptors (Lipinski definition) is 33. The molecule has 37 nitrogen and oxygen atoms in total. The van der Waals surface area contributed by atoms with Crippen molar-refractivity contribution in [2.45, 2.75) is 72.0 Å². The number of ether oxygens (including phenoxy) is 4. The number of rotatable bonds is 14. The van der Waals surface area contributed by atoms with Crippen molar-refractivity contribution in [3.63, 3.8) is 0 Å². The van der Waals surface area contributed by atoms with E-state index in [1.165, 1.54) is 5.56 Å². The number of fused-ring (bicyclic) bond motifs is 4. The van der Waals surface area contributed by atoms with Crippen LogP contribution < -0.4 is 47.9 Å². The van der Waals surface area contributed by atoms with Crippen molar-refractivity contribution in [1.29, 1.82) is 0 Å². The molecule has 37 heteroatoms. The summed E-state index contributed by atoms with van der Waals surface area (Å²) in [6.45, 7) is 24.0. The van der Waals surface area contributed by atoms with Gasteiger partial charge in [-0.1, -0.05) is 26.0 Å². The van der Waals surface area contributed by atoms with Crippen LogP contribution in [0.2, 0.25) is 0 Å². The summed E-state index contributed by atoms with van der Waals surface area (Å²) >= 11 is 0. The van der Waals surface area contributed by atoms with Gasteiger partial charge >= 0.3 is 0 Å². The lowest BCUT2D eigenvalue weighted by molar-refractivity contribution is 0.122. The van der Waals surface area contributed by atoms with Gasteiger partial charge in [0.2, 0.25) is 47.6 Å². The summed E-state index contributed by atoms with van der Waals surface area (Å²) in [4.78, 5) is 98.4. The quantitative estimate of drug-likeness (QED) is 0.0886. The Morgan fingerprint density at radius 2 is 0.750 bits per heavy atom. The predicted octanol–water partition coefficient (Wildman–Crippen LogP) is 5.58. The Hall–Kier alpha value is -12.1. The largest absolute Gasteiger partial charge is 0.378 e. The molecule has 108 heavy (non-hydrogen) atoms. The highest BCUT2D eigenvalue weighted by Crippen LogP contribution is 2.35. The number of nitrogens with zero attached hydrogens (tertiary/aromatic N) is 28. The van der Waals surface area contributed by atoms with E-state index in [1.807, 2.05) is 35.7 Å². The van der Waals surface area contributed by atoms with Gasteiger partial charge in [-0.05, 0) is 64.3 Å². The summed E-state index contributed by atoms with van der Waals surface area (Å²) in [5.41, 5.74) is 36.8. The number of hydrogen-bond donors (Lipinski definition) is 5. The van der Waals surface area contributed by atoms with Crippen molar-refractivity contribution >= 4 is 92.2 Å². The summed E-state index contributed by atoms with van der Waals surface area (Å²) in [5, 5.41) is 3.40. The minimum absolute atomic E-state index is 0.220. The van der Waals surface area contributed by atoms with Crippen LogP contribution in [-0.2, 0) is 18.9 Å². The van der Waals surface area contributed by atoms with Crippen molar-refractivity contribution < 1.29 is 18.9 Å². The number of anilines is 8. The third-order valence-electron chi connectivity index (χ3n) is 19.4. The van der Waals surface area contributed by atoms with Crippen molar-refractivity contribution in [1.82, 2.24) is 123 Å². The number of nitrogens with two attached hydrogens (primary N) is 4. The average molecular weight is 1460 g/mol. The zero-order valence-corrected chi connectivity index (χ0v) is 60.8. The summed E-state index contributed by atoms with van der Waals surface area (Å²) in [6.07, 6.45) is 23.7. The molecule has 1 aromatic carbocycles. The van der Waals surface area contributed by atoms with Gasteiger partial charge in [0, 0.05) is 149 Å². The van der Waals surface area contributed by atoms with Crippen LogP contribution in [0, 0.1) is 6.92 Å². The fourth-order valence-electron chi connectivity index (χ4n) is 13.0. The number of aryl methyl sites for hydroxylation is 1. The second-order valence-corrected chi connectivity index (χ2v) is 26.5. The highest BCUT2D eigenvalue weighted by molar-refractivity contribution is 5.91. The lowest BCUT2D eigenvalue weighted by Crippen LogP contribution is -2.37. The Balaban J connectivity index is 0.000000115. The summed E-state index contributed by atoms with van der Waals surface area (Å²) in [6, 6.07) is 9.16. The van der Waals surface area contributed by atoms with E-state index >= 15 is 0 Å². The molecule has 5 saturated heterocycles. The Bertz CT molecular complexity index is 5050. The third kappa shape index (κ3) is 15.5. The first-order valence-electron chi connectivity index (χ1n) is 36.2. The van der Waals surface area contributed by atoms with Gasteiger partial charge < -0.3 is 80.5 Å². The molecule has 17 heterocycles. The van der Waals surface area contributed by atoms with Crippen LogP contribution in [0.1, 0.15) is 70.6 Å². The molecule has 3 atom stereocenters. The molecule has 13 aromatic rings. The molecule has 18 rings (SSSR count). The zero-order chi connectivity index (χ0) is 74.2. The van der Waals surface area contributed by atoms with Gasteiger partial charge in [-0.15, -0.1) is 0 Å². The minimum Gasteiger partial charge on any atom is -0.378 e. The Kier molecular flexibility index (Phi) is 21.4. The van der Waals surface area contributed by atoms with Crippen molar-refractivity contribution in [2.75, 3.05) is 161 Å². The van der Waals surface area contributed by atoms with E-state index in [4.69, 9.17) is 81.8 Å². The van der Waals surface area contributed by atoms with E-state index in [0.717, 1.165) is 169 Å². The van der Waals surface area contributed by atoms with E-state index in [1.54, 1.807) is 55.9 Å². The second kappa shape index (κ2) is 32.3. The number of benzene rings is 1. The maximum Gasteiger partial charge on any atom is 0.228 e. The predicted molar refractivity (Wildman–Crippen MR) is 408 cm³/mol. The smallest absolute Gasteiger partial charge is 0.228 e. The number of morpholine rings is 4. The Labute approximate surface area is 620 Å². The molecule has 558 valence electrons. The topological polar surface area (TPSA) is 444 Å². The minimum atomic E-state index is 0.220. The molecular formula is C71H85N33O4. The zero-order valence-electron chi connectivity index (χ0n) is 60.8. The number of nitrogens with one attached hydrogen (secondary N) is 1. The highest BCUT2D eigenvalue weighted by Gasteiger charge is 2.28. The molecule has 0 saturated carbocycles. The summed E-state index contributed by atoms with van der Waals surface area (Å²) < 4.78 is 30.2. The average Bonchev–Trinajstić information content (AvgIpc) is 1.59. The molecule has 5 fully saturated rings. The van der Waals surface area contributed by atoms with Crippen LogP contribution in [-0.4, -0.2) is 236 Å².